The number of nitrogens with zero attached hydrogens (tertiary/aromatic N) is 3. The molecular weight excluding hydrogens is 256 g/mol. The molecule has 19 heavy (non-hydrogen) atoms. The first-order chi connectivity index (χ1) is 8.88. The SMILES string of the molecule is CN(C(N)=NCCc1nc(C(C)(C)C)cs1)C1CC1. The third-order valence-corrected chi connectivity index (χ3v) is 4.28. The van der Waals surface area contributed by atoms with Gasteiger partial charge in [-0.25, -0.2) is 4.98 Å². The highest BCUT2D eigenvalue weighted by molar-refractivity contribution is 7.09. The Labute approximate surface area is 119 Å². The molecule has 1 heterocycles. The quantitative estimate of drug-likeness (QED) is 0.680. The van der Waals surface area contributed by atoms with Crippen LogP contribution in [0.15, 0.2) is 10.4 Å². The van der Waals surface area contributed by atoms with Crippen molar-refractivity contribution in [2.75, 3.05) is 13.6 Å². The summed E-state index contributed by atoms with van der Waals surface area (Å²) in [7, 11) is 2.03. The summed E-state index contributed by atoms with van der Waals surface area (Å²) in [6, 6.07) is 0.621. The molecule has 0 atom stereocenters. The molecule has 4 nitrogen and oxygen atoms in total. The molecule has 5 heteroatoms. The molecule has 0 spiro atoms. The van der Waals surface area contributed by atoms with Crippen molar-refractivity contribution in [3.63, 3.8) is 0 Å². The van der Waals surface area contributed by atoms with Crippen LogP contribution in [0.25, 0.3) is 0 Å². The van der Waals surface area contributed by atoms with Crippen LogP contribution in [0.1, 0.15) is 44.3 Å². The molecule has 2 rings (SSSR count). The number of nitrogens with two attached hydrogens (primary N) is 1. The summed E-state index contributed by atoms with van der Waals surface area (Å²) in [5.74, 6) is 0.662. The van der Waals surface area contributed by atoms with Crippen LogP contribution >= 0.6 is 11.3 Å². The number of hydrogen-bond acceptors (Lipinski definition) is 3. The van der Waals surface area contributed by atoms with E-state index >= 15 is 0 Å². The molecule has 0 radical (unpaired) electrons. The first-order valence-corrected chi connectivity index (χ1v) is 7.73. The minimum Gasteiger partial charge on any atom is -0.370 e. The molecular formula is C14H24N4S. The van der Waals surface area contributed by atoms with E-state index in [1.54, 1.807) is 11.3 Å². The number of thiazole rings is 1. The Bertz CT molecular complexity index is 454. The van der Waals surface area contributed by atoms with Crippen LogP contribution in [-0.2, 0) is 11.8 Å². The molecule has 0 saturated heterocycles. The van der Waals surface area contributed by atoms with E-state index in [9.17, 15) is 0 Å². The third kappa shape index (κ3) is 3.93. The molecule has 1 aliphatic carbocycles. The van der Waals surface area contributed by atoms with Crippen LogP contribution in [0.5, 0.6) is 0 Å². The fourth-order valence-corrected chi connectivity index (χ4v) is 2.81. The smallest absolute Gasteiger partial charge is 0.191 e. The zero-order valence-corrected chi connectivity index (χ0v) is 13.1. The van der Waals surface area contributed by atoms with Crippen molar-refractivity contribution >= 4 is 17.3 Å². The van der Waals surface area contributed by atoms with Gasteiger partial charge in [0.25, 0.3) is 0 Å². The normalized spacial score (nSPS) is 16.7. The van der Waals surface area contributed by atoms with Crippen LogP contribution in [0.2, 0.25) is 0 Å². The van der Waals surface area contributed by atoms with Crippen molar-refractivity contribution in [1.29, 1.82) is 0 Å². The predicted octanol–water partition coefficient (Wildman–Crippen LogP) is 2.39. The number of hydrogen-bond donors (Lipinski definition) is 1. The van der Waals surface area contributed by atoms with E-state index in [1.807, 2.05) is 7.05 Å². The van der Waals surface area contributed by atoms with Gasteiger partial charge in [0.05, 0.1) is 10.7 Å². The average Bonchev–Trinajstić information content (AvgIpc) is 3.06. The summed E-state index contributed by atoms with van der Waals surface area (Å²) in [4.78, 5) is 11.2. The number of rotatable bonds is 4. The Morgan fingerprint density at radius 3 is 2.74 bits per heavy atom. The van der Waals surface area contributed by atoms with Gasteiger partial charge in [-0.2, -0.15) is 0 Å². The number of aliphatic imine (C=N–C) groups is 1. The molecule has 0 amide bonds. The van der Waals surface area contributed by atoms with Crippen molar-refractivity contribution in [3.05, 3.63) is 16.1 Å². The van der Waals surface area contributed by atoms with Crippen LogP contribution in [0.3, 0.4) is 0 Å². The van der Waals surface area contributed by atoms with E-state index in [1.165, 1.54) is 18.5 Å². The molecule has 1 aromatic rings. The second kappa shape index (κ2) is 5.49. The lowest BCUT2D eigenvalue weighted by atomic mass is 9.93. The molecule has 0 unspecified atom stereocenters. The monoisotopic (exact) mass is 280 g/mol. The van der Waals surface area contributed by atoms with Gasteiger partial charge < -0.3 is 10.6 Å². The van der Waals surface area contributed by atoms with Gasteiger partial charge in [-0.15, -0.1) is 11.3 Å². The zero-order chi connectivity index (χ0) is 14.0. The minimum absolute atomic E-state index is 0.128. The summed E-state index contributed by atoms with van der Waals surface area (Å²) in [5, 5.41) is 3.30. The van der Waals surface area contributed by atoms with Crippen LogP contribution in [-0.4, -0.2) is 35.5 Å². The van der Waals surface area contributed by atoms with Crippen molar-refractivity contribution in [3.8, 4) is 0 Å². The van der Waals surface area contributed by atoms with Gasteiger partial charge in [0.2, 0.25) is 0 Å². The van der Waals surface area contributed by atoms with Crippen molar-refractivity contribution < 1.29 is 0 Å². The standard InChI is InChI=1S/C14H24N4S/c1-14(2,3)11-9-19-12(17-11)7-8-16-13(15)18(4)10-5-6-10/h9-10H,5-8H2,1-4H3,(H2,15,16). The van der Waals surface area contributed by atoms with Crippen molar-refractivity contribution in [1.82, 2.24) is 9.88 Å². The van der Waals surface area contributed by atoms with Gasteiger partial charge in [-0.05, 0) is 12.8 Å². The molecule has 0 bridgehead atoms. The van der Waals surface area contributed by atoms with Gasteiger partial charge >= 0.3 is 0 Å². The Kier molecular flexibility index (Phi) is 4.13. The Morgan fingerprint density at radius 2 is 2.21 bits per heavy atom. The fourth-order valence-electron chi connectivity index (χ4n) is 1.80. The topological polar surface area (TPSA) is 54.5 Å². The molecule has 0 aliphatic heterocycles. The van der Waals surface area contributed by atoms with E-state index in [2.05, 4.69) is 41.0 Å². The highest BCUT2D eigenvalue weighted by Gasteiger charge is 2.27. The molecule has 1 fully saturated rings. The highest BCUT2D eigenvalue weighted by atomic mass is 32.1. The third-order valence-electron chi connectivity index (χ3n) is 3.38. The lowest BCUT2D eigenvalue weighted by molar-refractivity contribution is 0.487. The lowest BCUT2D eigenvalue weighted by Crippen LogP contribution is -2.35. The van der Waals surface area contributed by atoms with E-state index in [0.29, 0.717) is 12.0 Å². The first kappa shape index (κ1) is 14.3. The lowest BCUT2D eigenvalue weighted by Gasteiger charge is -2.16. The molecule has 0 aromatic carbocycles. The molecule has 106 valence electrons. The fraction of sp³-hybridized carbons (Fsp3) is 0.714. The number of aromatic nitrogens is 1. The van der Waals surface area contributed by atoms with E-state index in [-0.39, 0.29) is 5.41 Å². The second-order valence-electron chi connectivity index (χ2n) is 6.21. The van der Waals surface area contributed by atoms with Crippen LogP contribution in [0, 0.1) is 0 Å². The number of guanidine groups is 1. The maximum absolute atomic E-state index is 5.96. The van der Waals surface area contributed by atoms with E-state index in [0.717, 1.165) is 18.0 Å². The molecule has 2 N–H and O–H groups in total. The van der Waals surface area contributed by atoms with Crippen LogP contribution in [0.4, 0.5) is 0 Å². The summed E-state index contributed by atoms with van der Waals surface area (Å²) in [6.45, 7) is 7.28. The van der Waals surface area contributed by atoms with Crippen LogP contribution < -0.4 is 5.73 Å². The minimum atomic E-state index is 0.128. The maximum atomic E-state index is 5.96. The maximum Gasteiger partial charge on any atom is 0.191 e. The summed E-state index contributed by atoms with van der Waals surface area (Å²) in [5.41, 5.74) is 7.25. The van der Waals surface area contributed by atoms with Crippen molar-refractivity contribution in [2.24, 2.45) is 10.7 Å². The summed E-state index contributed by atoms with van der Waals surface area (Å²) in [6.07, 6.45) is 3.36. The van der Waals surface area contributed by atoms with Gasteiger partial charge in [0.15, 0.2) is 5.96 Å². The largest absolute Gasteiger partial charge is 0.370 e. The van der Waals surface area contributed by atoms with Crippen molar-refractivity contribution in [2.45, 2.75) is 51.5 Å². The van der Waals surface area contributed by atoms with E-state index in [4.69, 9.17) is 5.73 Å². The van der Waals surface area contributed by atoms with Gasteiger partial charge in [-0.1, -0.05) is 20.8 Å². The van der Waals surface area contributed by atoms with E-state index < -0.39 is 0 Å². The Balaban J connectivity index is 1.85. The molecule has 1 aromatic heterocycles. The zero-order valence-electron chi connectivity index (χ0n) is 12.3. The van der Waals surface area contributed by atoms with Gasteiger partial charge in [0.1, 0.15) is 0 Å². The predicted molar refractivity (Wildman–Crippen MR) is 81.8 cm³/mol. The second-order valence-corrected chi connectivity index (χ2v) is 7.15. The Morgan fingerprint density at radius 1 is 1.53 bits per heavy atom. The van der Waals surface area contributed by atoms with Gasteiger partial charge in [0, 0.05) is 36.9 Å². The Hall–Kier alpha value is -1.10. The van der Waals surface area contributed by atoms with Gasteiger partial charge in [-0.3, -0.25) is 4.99 Å². The first-order valence-electron chi connectivity index (χ1n) is 6.85. The highest BCUT2D eigenvalue weighted by Crippen LogP contribution is 2.25. The molecule has 1 aliphatic rings. The average molecular weight is 280 g/mol. The molecule has 1 saturated carbocycles. The summed E-state index contributed by atoms with van der Waals surface area (Å²) < 4.78 is 0. The summed E-state index contributed by atoms with van der Waals surface area (Å²) >= 11 is 1.72.